The number of benzene rings is 2. The molecule has 2 aromatic carbocycles. The molecule has 8 heteroatoms. The predicted octanol–water partition coefficient (Wildman–Crippen LogP) is 5.20. The minimum atomic E-state index is -0.841. The summed E-state index contributed by atoms with van der Waals surface area (Å²) in [5.74, 6) is -1.14. The molecule has 1 fully saturated rings. The monoisotopic (exact) mass is 445 g/mol. The van der Waals surface area contributed by atoms with E-state index in [1.54, 1.807) is 45.0 Å². The highest BCUT2D eigenvalue weighted by Gasteiger charge is 2.52. The van der Waals surface area contributed by atoms with E-state index in [0.29, 0.717) is 11.0 Å². The van der Waals surface area contributed by atoms with E-state index >= 15 is 4.39 Å². The molecule has 1 aliphatic rings. The van der Waals surface area contributed by atoms with Gasteiger partial charge in [-0.25, -0.2) is 13.6 Å². The summed E-state index contributed by atoms with van der Waals surface area (Å²) < 4.78 is 47.5. The third-order valence-corrected chi connectivity index (χ3v) is 5.75. The molecule has 3 rings (SSSR count). The van der Waals surface area contributed by atoms with E-state index in [1.165, 1.54) is 12.1 Å². The van der Waals surface area contributed by atoms with Crippen molar-refractivity contribution < 1.29 is 27.6 Å². The molecule has 0 bridgehead atoms. The molecule has 5 nitrogen and oxygen atoms in total. The lowest BCUT2D eigenvalue weighted by molar-refractivity contribution is 0.00578. The number of halogens is 2. The van der Waals surface area contributed by atoms with Crippen LogP contribution in [-0.4, -0.2) is 30.0 Å². The summed E-state index contributed by atoms with van der Waals surface area (Å²) in [6.07, 6.45) is -0.821. The molecule has 0 atom stereocenters. The van der Waals surface area contributed by atoms with Gasteiger partial charge in [-0.2, -0.15) is 0 Å². The Balaban J connectivity index is 2.02. The van der Waals surface area contributed by atoms with E-state index < -0.39 is 41.6 Å². The topological polar surface area (TPSA) is 56.8 Å². The van der Waals surface area contributed by atoms with Crippen molar-refractivity contribution in [3.8, 4) is 0 Å². The fraction of sp³-hybridized carbons (Fsp3) is 0.458. The van der Waals surface area contributed by atoms with Crippen LogP contribution in [0, 0.1) is 11.6 Å². The molecule has 1 amide bonds. The lowest BCUT2D eigenvalue weighted by Gasteiger charge is -2.32. The Hall–Kier alpha value is -2.45. The second kappa shape index (κ2) is 8.48. The molecule has 32 heavy (non-hydrogen) atoms. The third-order valence-electron chi connectivity index (χ3n) is 5.75. The van der Waals surface area contributed by atoms with Crippen molar-refractivity contribution in [2.24, 2.45) is 0 Å². The summed E-state index contributed by atoms with van der Waals surface area (Å²) in [5, 5.41) is 2.45. The number of amides is 1. The van der Waals surface area contributed by atoms with Gasteiger partial charge in [-0.15, -0.1) is 0 Å². The van der Waals surface area contributed by atoms with Gasteiger partial charge in [0.15, 0.2) is 0 Å². The first-order chi connectivity index (χ1) is 14.7. The number of rotatable bonds is 4. The maximum Gasteiger partial charge on any atom is 0.495 e. The number of carbonyl (C=O) groups excluding carboxylic acids is 1. The maximum atomic E-state index is 15.7. The van der Waals surface area contributed by atoms with Gasteiger partial charge in [-0.3, -0.25) is 5.32 Å². The first-order valence-electron chi connectivity index (χ1n) is 10.6. The van der Waals surface area contributed by atoms with Crippen LogP contribution in [0.2, 0.25) is 0 Å². The third kappa shape index (κ3) is 5.13. The molecular weight excluding hydrogens is 415 g/mol. The highest BCUT2D eigenvalue weighted by Crippen LogP contribution is 2.37. The molecule has 1 heterocycles. The Morgan fingerprint density at radius 2 is 1.62 bits per heavy atom. The van der Waals surface area contributed by atoms with Gasteiger partial charge in [0.1, 0.15) is 17.2 Å². The molecule has 1 saturated heterocycles. The van der Waals surface area contributed by atoms with Crippen LogP contribution in [0.15, 0.2) is 36.4 Å². The number of hydrogen-bond donors (Lipinski definition) is 1. The Bertz CT molecular complexity index is 1000. The van der Waals surface area contributed by atoms with Crippen LogP contribution >= 0.6 is 0 Å². The molecule has 2 aromatic rings. The molecule has 0 aromatic heterocycles. The number of hydrogen-bond acceptors (Lipinski definition) is 4. The SMILES string of the molecule is CC(C)(C)OC(=O)Nc1ccc(B2OC(C)(C)C(C)(C)O2)c(Cc2ccccc2F)c1F. The molecule has 1 N–H and O–H groups in total. The largest absolute Gasteiger partial charge is 0.495 e. The normalized spacial score (nSPS) is 17.3. The van der Waals surface area contributed by atoms with Gasteiger partial charge in [0.2, 0.25) is 0 Å². The van der Waals surface area contributed by atoms with E-state index in [2.05, 4.69) is 5.32 Å². The maximum absolute atomic E-state index is 15.7. The fourth-order valence-corrected chi connectivity index (χ4v) is 3.35. The lowest BCUT2D eigenvalue weighted by Crippen LogP contribution is -2.41. The number of ether oxygens (including phenoxy) is 1. The average Bonchev–Trinajstić information content (AvgIpc) is 2.86. The minimum absolute atomic E-state index is 0.0399. The molecular formula is C24H30BF2NO4. The van der Waals surface area contributed by atoms with Crippen molar-refractivity contribution in [3.05, 3.63) is 59.2 Å². The van der Waals surface area contributed by atoms with Gasteiger partial charge in [0.05, 0.1) is 16.9 Å². The first kappa shape index (κ1) is 24.2. The quantitative estimate of drug-likeness (QED) is 0.658. The highest BCUT2D eigenvalue weighted by atomic mass is 19.1. The minimum Gasteiger partial charge on any atom is -0.444 e. The lowest BCUT2D eigenvalue weighted by atomic mass is 9.74. The zero-order chi connectivity index (χ0) is 23.9. The van der Waals surface area contributed by atoms with E-state index in [-0.39, 0.29) is 17.7 Å². The van der Waals surface area contributed by atoms with Gasteiger partial charge in [-0.05, 0) is 77.2 Å². The van der Waals surface area contributed by atoms with E-state index in [9.17, 15) is 9.18 Å². The van der Waals surface area contributed by atoms with Crippen LogP contribution in [0.25, 0.3) is 0 Å². The van der Waals surface area contributed by atoms with Gasteiger partial charge in [-0.1, -0.05) is 24.3 Å². The second-order valence-electron chi connectivity index (χ2n) is 9.98. The smallest absolute Gasteiger partial charge is 0.444 e. The van der Waals surface area contributed by atoms with E-state index in [0.717, 1.165) is 0 Å². The zero-order valence-corrected chi connectivity index (χ0v) is 19.6. The van der Waals surface area contributed by atoms with Crippen LogP contribution in [0.1, 0.15) is 59.6 Å². The molecule has 0 saturated carbocycles. The van der Waals surface area contributed by atoms with Crippen molar-refractivity contribution in [3.63, 3.8) is 0 Å². The highest BCUT2D eigenvalue weighted by molar-refractivity contribution is 6.62. The standard InChI is InChI=1S/C24H30BF2NO4/c1-22(2,3)30-21(29)28-19-13-12-17(25-31-23(4,5)24(6,7)32-25)16(20(19)27)14-15-10-8-9-11-18(15)26/h8-13H,14H2,1-7H3,(H,28,29). The summed E-state index contributed by atoms with van der Waals surface area (Å²) >= 11 is 0. The zero-order valence-electron chi connectivity index (χ0n) is 19.6. The molecule has 172 valence electrons. The van der Waals surface area contributed by atoms with Crippen LogP contribution in [0.5, 0.6) is 0 Å². The van der Waals surface area contributed by atoms with Crippen LogP contribution in [0.3, 0.4) is 0 Å². The summed E-state index contributed by atoms with van der Waals surface area (Å²) in [5.41, 5.74) is -1.11. The number of carbonyl (C=O) groups is 1. The van der Waals surface area contributed by atoms with Crippen LogP contribution < -0.4 is 10.8 Å². The number of nitrogens with one attached hydrogen (secondary N) is 1. The molecule has 0 unspecified atom stereocenters. The molecule has 1 aliphatic heterocycles. The summed E-state index contributed by atoms with van der Waals surface area (Å²) in [4.78, 5) is 12.2. The van der Waals surface area contributed by atoms with Crippen molar-refractivity contribution in [1.29, 1.82) is 0 Å². The van der Waals surface area contributed by atoms with Gasteiger partial charge in [0, 0.05) is 6.42 Å². The first-order valence-corrected chi connectivity index (χ1v) is 10.6. The molecule has 0 spiro atoms. The Morgan fingerprint density at radius 1 is 1.03 bits per heavy atom. The Morgan fingerprint density at radius 3 is 2.19 bits per heavy atom. The second-order valence-corrected chi connectivity index (χ2v) is 9.98. The van der Waals surface area contributed by atoms with E-state index in [4.69, 9.17) is 14.0 Å². The van der Waals surface area contributed by atoms with E-state index in [1.807, 2.05) is 27.7 Å². The van der Waals surface area contributed by atoms with Crippen molar-refractivity contribution in [1.82, 2.24) is 0 Å². The van der Waals surface area contributed by atoms with Gasteiger partial charge >= 0.3 is 13.2 Å². The van der Waals surface area contributed by atoms with Crippen LogP contribution in [-0.2, 0) is 20.5 Å². The number of anilines is 1. The summed E-state index contributed by atoms with van der Waals surface area (Å²) in [7, 11) is -0.841. The molecule has 0 radical (unpaired) electrons. The Kier molecular flexibility index (Phi) is 6.42. The van der Waals surface area contributed by atoms with Crippen molar-refractivity contribution >= 4 is 24.4 Å². The average molecular weight is 445 g/mol. The predicted molar refractivity (Wildman–Crippen MR) is 121 cm³/mol. The Labute approximate surface area is 188 Å². The van der Waals surface area contributed by atoms with Crippen LogP contribution in [0.4, 0.5) is 19.3 Å². The molecule has 0 aliphatic carbocycles. The van der Waals surface area contributed by atoms with Crippen molar-refractivity contribution in [2.75, 3.05) is 5.32 Å². The van der Waals surface area contributed by atoms with Crippen molar-refractivity contribution in [2.45, 2.75) is 71.7 Å². The van der Waals surface area contributed by atoms with Gasteiger partial charge < -0.3 is 14.0 Å². The van der Waals surface area contributed by atoms with Gasteiger partial charge in [0.25, 0.3) is 0 Å². The fourth-order valence-electron chi connectivity index (χ4n) is 3.35. The summed E-state index contributed by atoms with van der Waals surface area (Å²) in [6, 6.07) is 9.25. The summed E-state index contributed by atoms with van der Waals surface area (Å²) in [6.45, 7) is 12.8.